The second-order valence-electron chi connectivity index (χ2n) is 7.17. The zero-order valence-electron chi connectivity index (χ0n) is 14.3. The minimum atomic E-state index is 0.455. The van der Waals surface area contributed by atoms with E-state index in [-0.39, 0.29) is 0 Å². The molecule has 1 aliphatic carbocycles. The largest absolute Gasteiger partial charge is 0.313 e. The van der Waals surface area contributed by atoms with Crippen LogP contribution in [0.1, 0.15) is 71.5 Å². The first kappa shape index (κ1) is 16.5. The molecule has 3 nitrogen and oxygen atoms in total. The molecule has 3 heteroatoms. The SMILES string of the molecule is CCCNC(Cc1ccn(C(C)C)n1)C1CCC(C)CC1. The van der Waals surface area contributed by atoms with E-state index in [4.69, 9.17) is 5.10 Å². The van der Waals surface area contributed by atoms with Crippen molar-refractivity contribution in [1.29, 1.82) is 0 Å². The highest BCUT2D eigenvalue weighted by Gasteiger charge is 2.26. The highest BCUT2D eigenvalue weighted by atomic mass is 15.3. The Morgan fingerprint density at radius 3 is 2.57 bits per heavy atom. The van der Waals surface area contributed by atoms with Crippen LogP contribution in [0, 0.1) is 11.8 Å². The van der Waals surface area contributed by atoms with Crippen LogP contribution in [-0.4, -0.2) is 22.4 Å². The van der Waals surface area contributed by atoms with Crippen LogP contribution in [-0.2, 0) is 6.42 Å². The molecule has 1 aromatic heterocycles. The Morgan fingerprint density at radius 1 is 1.29 bits per heavy atom. The Bertz CT molecular complexity index is 402. The molecular weight excluding hydrogens is 258 g/mol. The standard InChI is InChI=1S/C18H33N3/c1-5-11-19-18(16-8-6-15(4)7-9-16)13-17-10-12-21(20-17)14(2)3/h10,12,14-16,18-19H,5-9,11,13H2,1-4H3. The second kappa shape index (κ2) is 7.98. The smallest absolute Gasteiger partial charge is 0.0640 e. The van der Waals surface area contributed by atoms with Crippen molar-refractivity contribution in [3.05, 3.63) is 18.0 Å². The van der Waals surface area contributed by atoms with Crippen LogP contribution in [0.25, 0.3) is 0 Å². The Balaban J connectivity index is 1.97. The quantitative estimate of drug-likeness (QED) is 0.816. The zero-order chi connectivity index (χ0) is 15.2. The second-order valence-corrected chi connectivity index (χ2v) is 7.17. The van der Waals surface area contributed by atoms with Gasteiger partial charge in [-0.3, -0.25) is 4.68 Å². The fraction of sp³-hybridized carbons (Fsp3) is 0.833. The third-order valence-electron chi connectivity index (χ3n) is 4.91. The Labute approximate surface area is 130 Å². The monoisotopic (exact) mass is 291 g/mol. The average molecular weight is 291 g/mol. The molecule has 1 heterocycles. The topological polar surface area (TPSA) is 29.9 Å². The van der Waals surface area contributed by atoms with Gasteiger partial charge in [0.1, 0.15) is 0 Å². The predicted octanol–water partition coefficient (Wildman–Crippen LogP) is 4.20. The molecule has 1 aliphatic rings. The molecule has 1 saturated carbocycles. The van der Waals surface area contributed by atoms with Gasteiger partial charge in [-0.1, -0.05) is 26.7 Å². The van der Waals surface area contributed by atoms with Crippen LogP contribution in [0.2, 0.25) is 0 Å². The van der Waals surface area contributed by atoms with Crippen molar-refractivity contribution in [1.82, 2.24) is 15.1 Å². The minimum absolute atomic E-state index is 0.455. The average Bonchev–Trinajstić information content (AvgIpc) is 2.93. The first-order chi connectivity index (χ1) is 10.1. The van der Waals surface area contributed by atoms with E-state index in [1.54, 1.807) is 0 Å². The molecular formula is C18H33N3. The van der Waals surface area contributed by atoms with Gasteiger partial charge in [-0.05, 0) is 57.6 Å². The van der Waals surface area contributed by atoms with Gasteiger partial charge in [0.15, 0.2) is 0 Å². The van der Waals surface area contributed by atoms with Crippen molar-refractivity contribution >= 4 is 0 Å². The van der Waals surface area contributed by atoms with Gasteiger partial charge in [-0.2, -0.15) is 5.10 Å². The third kappa shape index (κ3) is 4.84. The number of hydrogen-bond donors (Lipinski definition) is 1. The molecule has 0 saturated heterocycles. The van der Waals surface area contributed by atoms with Gasteiger partial charge >= 0.3 is 0 Å². The summed E-state index contributed by atoms with van der Waals surface area (Å²) in [5, 5.41) is 8.54. The van der Waals surface area contributed by atoms with Crippen LogP contribution in [0.4, 0.5) is 0 Å². The maximum Gasteiger partial charge on any atom is 0.0640 e. The van der Waals surface area contributed by atoms with Gasteiger partial charge in [0.05, 0.1) is 5.69 Å². The highest BCUT2D eigenvalue weighted by Crippen LogP contribution is 2.31. The first-order valence-corrected chi connectivity index (χ1v) is 8.87. The first-order valence-electron chi connectivity index (χ1n) is 8.87. The van der Waals surface area contributed by atoms with Crippen LogP contribution in [0.15, 0.2) is 12.3 Å². The Morgan fingerprint density at radius 2 is 2.00 bits per heavy atom. The van der Waals surface area contributed by atoms with Crippen LogP contribution < -0.4 is 5.32 Å². The number of hydrogen-bond acceptors (Lipinski definition) is 2. The van der Waals surface area contributed by atoms with Crippen molar-refractivity contribution in [3.63, 3.8) is 0 Å². The molecule has 1 unspecified atom stereocenters. The number of rotatable bonds is 7. The molecule has 1 N–H and O–H groups in total. The van der Waals surface area contributed by atoms with Crippen molar-refractivity contribution in [2.24, 2.45) is 11.8 Å². The van der Waals surface area contributed by atoms with Crippen molar-refractivity contribution in [3.8, 4) is 0 Å². The van der Waals surface area contributed by atoms with E-state index in [0.717, 1.165) is 24.8 Å². The van der Waals surface area contributed by atoms with E-state index in [1.807, 2.05) is 0 Å². The van der Waals surface area contributed by atoms with Crippen molar-refractivity contribution in [2.75, 3.05) is 6.54 Å². The molecule has 21 heavy (non-hydrogen) atoms. The third-order valence-corrected chi connectivity index (χ3v) is 4.91. The number of nitrogens with one attached hydrogen (secondary N) is 1. The lowest BCUT2D eigenvalue weighted by Gasteiger charge is -2.33. The lowest BCUT2D eigenvalue weighted by molar-refractivity contribution is 0.228. The summed E-state index contributed by atoms with van der Waals surface area (Å²) >= 11 is 0. The van der Waals surface area contributed by atoms with E-state index in [2.05, 4.69) is 50.0 Å². The summed E-state index contributed by atoms with van der Waals surface area (Å²) in [7, 11) is 0. The van der Waals surface area contributed by atoms with Gasteiger partial charge in [-0.15, -0.1) is 0 Å². The maximum absolute atomic E-state index is 4.74. The van der Waals surface area contributed by atoms with E-state index in [1.165, 1.54) is 37.8 Å². The molecule has 120 valence electrons. The summed E-state index contributed by atoms with van der Waals surface area (Å²) in [5.74, 6) is 1.75. The molecule has 0 aromatic carbocycles. The summed E-state index contributed by atoms with van der Waals surface area (Å²) in [5.41, 5.74) is 1.25. The van der Waals surface area contributed by atoms with E-state index < -0.39 is 0 Å². The van der Waals surface area contributed by atoms with Crippen LogP contribution >= 0.6 is 0 Å². The normalized spacial score (nSPS) is 24.4. The van der Waals surface area contributed by atoms with Gasteiger partial charge in [-0.25, -0.2) is 0 Å². The van der Waals surface area contributed by atoms with Gasteiger partial charge in [0, 0.05) is 24.7 Å². The minimum Gasteiger partial charge on any atom is -0.313 e. The van der Waals surface area contributed by atoms with E-state index >= 15 is 0 Å². The van der Waals surface area contributed by atoms with Crippen molar-refractivity contribution < 1.29 is 0 Å². The van der Waals surface area contributed by atoms with Crippen molar-refractivity contribution in [2.45, 2.75) is 78.3 Å². The van der Waals surface area contributed by atoms with Crippen LogP contribution in [0.3, 0.4) is 0 Å². The Hall–Kier alpha value is -0.830. The van der Waals surface area contributed by atoms with Gasteiger partial charge in [0.2, 0.25) is 0 Å². The molecule has 2 rings (SSSR count). The predicted molar refractivity (Wildman–Crippen MR) is 89.5 cm³/mol. The fourth-order valence-electron chi connectivity index (χ4n) is 3.42. The lowest BCUT2D eigenvalue weighted by atomic mass is 9.78. The molecule has 1 fully saturated rings. The van der Waals surface area contributed by atoms with Crippen LogP contribution in [0.5, 0.6) is 0 Å². The highest BCUT2D eigenvalue weighted by molar-refractivity contribution is 5.03. The zero-order valence-corrected chi connectivity index (χ0v) is 14.3. The summed E-state index contributed by atoms with van der Waals surface area (Å²) < 4.78 is 2.08. The molecule has 1 atom stereocenters. The van der Waals surface area contributed by atoms with E-state index in [9.17, 15) is 0 Å². The summed E-state index contributed by atoms with van der Waals surface area (Å²) in [6.07, 6.45) is 9.98. The molecule has 0 aliphatic heterocycles. The summed E-state index contributed by atoms with van der Waals surface area (Å²) in [4.78, 5) is 0. The number of nitrogens with zero attached hydrogens (tertiary/aromatic N) is 2. The molecule has 0 radical (unpaired) electrons. The van der Waals surface area contributed by atoms with E-state index in [0.29, 0.717) is 12.1 Å². The molecule has 0 amide bonds. The molecule has 1 aromatic rings. The lowest BCUT2D eigenvalue weighted by Crippen LogP contribution is -2.40. The summed E-state index contributed by atoms with van der Waals surface area (Å²) in [6.45, 7) is 10.1. The fourth-order valence-corrected chi connectivity index (χ4v) is 3.42. The number of aromatic nitrogens is 2. The van der Waals surface area contributed by atoms with Gasteiger partial charge in [0.25, 0.3) is 0 Å². The maximum atomic E-state index is 4.74. The van der Waals surface area contributed by atoms with Gasteiger partial charge < -0.3 is 5.32 Å². The summed E-state index contributed by atoms with van der Waals surface area (Å²) in [6, 6.07) is 3.26. The molecule has 0 bridgehead atoms. The molecule has 0 spiro atoms. The Kier molecular flexibility index (Phi) is 6.28.